The van der Waals surface area contributed by atoms with Gasteiger partial charge in [0.1, 0.15) is 0 Å². The first-order chi connectivity index (χ1) is 7.93. The van der Waals surface area contributed by atoms with Crippen LogP contribution in [-0.4, -0.2) is 17.4 Å². The number of nitrogens with one attached hydrogen (secondary N) is 1. The van der Waals surface area contributed by atoms with E-state index >= 15 is 0 Å². The van der Waals surface area contributed by atoms with Crippen molar-refractivity contribution >= 4 is 23.1 Å². The van der Waals surface area contributed by atoms with Gasteiger partial charge in [-0.3, -0.25) is 4.79 Å². The van der Waals surface area contributed by atoms with Crippen LogP contribution in [0.3, 0.4) is 0 Å². The lowest BCUT2D eigenvalue weighted by atomic mass is 9.91. The van der Waals surface area contributed by atoms with Crippen molar-refractivity contribution in [3.8, 4) is 0 Å². The lowest BCUT2D eigenvalue weighted by Crippen LogP contribution is -2.46. The Kier molecular flexibility index (Phi) is 3.43. The summed E-state index contributed by atoms with van der Waals surface area (Å²) in [6, 6.07) is 0. The molecule has 2 rings (SSSR count). The van der Waals surface area contributed by atoms with Crippen LogP contribution < -0.4 is 11.1 Å². The van der Waals surface area contributed by atoms with Gasteiger partial charge in [-0.1, -0.05) is 12.2 Å². The standard InChI is InChI=1S/C13H22N2OS/c1-13(2,11(14)17)12(16)15-7-10(8-3-4-8)9-5-6-9/h8-10H,3-7H2,1-2H3,(H2,14,17)(H,15,16). The van der Waals surface area contributed by atoms with E-state index in [9.17, 15) is 4.79 Å². The van der Waals surface area contributed by atoms with Gasteiger partial charge in [0.25, 0.3) is 0 Å². The lowest BCUT2D eigenvalue weighted by Gasteiger charge is -2.24. The van der Waals surface area contributed by atoms with Gasteiger partial charge >= 0.3 is 0 Å². The highest BCUT2D eigenvalue weighted by Gasteiger charge is 2.42. The van der Waals surface area contributed by atoms with Crippen molar-refractivity contribution in [2.75, 3.05) is 6.54 Å². The second kappa shape index (κ2) is 4.56. The molecule has 3 nitrogen and oxygen atoms in total. The Labute approximate surface area is 109 Å². The highest BCUT2D eigenvalue weighted by Crippen LogP contribution is 2.48. The number of amides is 1. The fraction of sp³-hybridized carbons (Fsp3) is 0.846. The molecule has 0 spiro atoms. The average Bonchev–Trinajstić information content (AvgIpc) is 3.11. The maximum absolute atomic E-state index is 12.0. The van der Waals surface area contributed by atoms with Gasteiger partial charge in [0.15, 0.2) is 0 Å². The third kappa shape index (κ3) is 2.97. The molecular weight excluding hydrogens is 232 g/mol. The van der Waals surface area contributed by atoms with Gasteiger partial charge in [0.05, 0.1) is 10.4 Å². The van der Waals surface area contributed by atoms with Crippen LogP contribution >= 0.6 is 12.2 Å². The zero-order valence-corrected chi connectivity index (χ0v) is 11.5. The molecule has 3 N–H and O–H groups in total. The number of thiocarbonyl (C=S) groups is 1. The van der Waals surface area contributed by atoms with E-state index in [1.807, 2.05) is 0 Å². The Bertz CT molecular complexity index is 320. The summed E-state index contributed by atoms with van der Waals surface area (Å²) in [5.41, 5.74) is 4.86. The van der Waals surface area contributed by atoms with Gasteiger partial charge in [0.2, 0.25) is 5.91 Å². The molecule has 0 heterocycles. The van der Waals surface area contributed by atoms with E-state index in [0.717, 1.165) is 18.4 Å². The molecule has 0 aromatic heterocycles. The first-order valence-electron chi connectivity index (χ1n) is 6.51. The summed E-state index contributed by atoms with van der Waals surface area (Å²) in [7, 11) is 0. The van der Waals surface area contributed by atoms with Crippen molar-refractivity contribution in [3.05, 3.63) is 0 Å². The Hall–Kier alpha value is -0.640. The Morgan fingerprint density at radius 1 is 1.35 bits per heavy atom. The van der Waals surface area contributed by atoms with E-state index < -0.39 is 5.41 Å². The molecule has 2 aliphatic rings. The van der Waals surface area contributed by atoms with Crippen molar-refractivity contribution in [2.24, 2.45) is 28.9 Å². The van der Waals surface area contributed by atoms with Gasteiger partial charge in [-0.15, -0.1) is 0 Å². The minimum atomic E-state index is -0.729. The second-order valence-corrected chi connectivity index (χ2v) is 6.48. The number of carbonyl (C=O) groups excluding carboxylic acids is 1. The van der Waals surface area contributed by atoms with Crippen molar-refractivity contribution in [2.45, 2.75) is 39.5 Å². The Morgan fingerprint density at radius 2 is 1.82 bits per heavy atom. The average molecular weight is 254 g/mol. The third-order valence-corrected chi connectivity index (χ3v) is 4.65. The largest absolute Gasteiger partial charge is 0.392 e. The van der Waals surface area contributed by atoms with Crippen LogP contribution in [0.4, 0.5) is 0 Å². The molecule has 1 amide bonds. The topological polar surface area (TPSA) is 55.1 Å². The predicted molar refractivity (Wildman–Crippen MR) is 72.5 cm³/mol. The van der Waals surface area contributed by atoms with Gasteiger partial charge in [-0.05, 0) is 57.3 Å². The van der Waals surface area contributed by atoms with Gasteiger partial charge < -0.3 is 11.1 Å². The molecular formula is C13H22N2OS. The Morgan fingerprint density at radius 3 is 2.18 bits per heavy atom. The second-order valence-electron chi connectivity index (χ2n) is 6.04. The number of hydrogen-bond donors (Lipinski definition) is 2. The SMILES string of the molecule is CC(C)(C(=O)NCC(C1CC1)C1CC1)C(N)=S. The van der Waals surface area contributed by atoms with Crippen molar-refractivity contribution in [1.82, 2.24) is 5.32 Å². The molecule has 2 fully saturated rings. The maximum Gasteiger partial charge on any atom is 0.232 e. The van der Waals surface area contributed by atoms with Gasteiger partial charge in [-0.2, -0.15) is 0 Å². The van der Waals surface area contributed by atoms with Crippen LogP contribution in [0.15, 0.2) is 0 Å². The quantitative estimate of drug-likeness (QED) is 0.711. The third-order valence-electron chi connectivity index (χ3n) is 4.14. The fourth-order valence-corrected chi connectivity index (χ4v) is 2.40. The lowest BCUT2D eigenvalue weighted by molar-refractivity contribution is -0.126. The number of rotatable bonds is 6. The molecule has 2 aliphatic carbocycles. The van der Waals surface area contributed by atoms with Crippen LogP contribution in [0, 0.1) is 23.2 Å². The first kappa shape index (κ1) is 12.8. The minimum Gasteiger partial charge on any atom is -0.392 e. The molecule has 0 radical (unpaired) electrons. The van der Waals surface area contributed by atoms with Crippen LogP contribution in [0.2, 0.25) is 0 Å². The summed E-state index contributed by atoms with van der Waals surface area (Å²) in [6.45, 7) is 4.38. The zero-order chi connectivity index (χ0) is 12.6. The van der Waals surface area contributed by atoms with Gasteiger partial charge in [-0.25, -0.2) is 0 Å². The van der Waals surface area contributed by atoms with Crippen LogP contribution in [0.25, 0.3) is 0 Å². The summed E-state index contributed by atoms with van der Waals surface area (Å²) >= 11 is 4.93. The summed E-state index contributed by atoms with van der Waals surface area (Å²) in [4.78, 5) is 12.3. The molecule has 0 saturated heterocycles. The molecule has 0 aromatic rings. The molecule has 96 valence electrons. The van der Waals surface area contributed by atoms with Crippen LogP contribution in [0.5, 0.6) is 0 Å². The smallest absolute Gasteiger partial charge is 0.232 e. The van der Waals surface area contributed by atoms with E-state index in [2.05, 4.69) is 5.32 Å². The summed E-state index contributed by atoms with van der Waals surface area (Å²) in [5.74, 6) is 2.38. The predicted octanol–water partition coefficient (Wildman–Crippen LogP) is 1.85. The number of carbonyl (C=O) groups is 1. The van der Waals surface area contributed by atoms with E-state index in [1.165, 1.54) is 25.7 Å². The molecule has 2 saturated carbocycles. The molecule has 0 unspecified atom stereocenters. The molecule has 17 heavy (non-hydrogen) atoms. The van der Waals surface area contributed by atoms with Gasteiger partial charge in [0, 0.05) is 6.54 Å². The van der Waals surface area contributed by atoms with E-state index in [1.54, 1.807) is 13.8 Å². The monoisotopic (exact) mass is 254 g/mol. The normalized spacial score (nSPS) is 20.4. The summed E-state index contributed by atoms with van der Waals surface area (Å²) < 4.78 is 0. The molecule has 0 aromatic carbocycles. The molecule has 0 aliphatic heterocycles. The van der Waals surface area contributed by atoms with Crippen molar-refractivity contribution in [1.29, 1.82) is 0 Å². The van der Waals surface area contributed by atoms with Crippen LogP contribution in [0.1, 0.15) is 39.5 Å². The zero-order valence-electron chi connectivity index (χ0n) is 10.7. The number of nitrogens with two attached hydrogens (primary N) is 1. The highest BCUT2D eigenvalue weighted by molar-refractivity contribution is 7.80. The van der Waals surface area contributed by atoms with E-state index in [-0.39, 0.29) is 10.9 Å². The first-order valence-corrected chi connectivity index (χ1v) is 6.92. The molecule has 0 atom stereocenters. The molecule has 0 bridgehead atoms. The maximum atomic E-state index is 12.0. The highest BCUT2D eigenvalue weighted by atomic mass is 32.1. The Balaban J connectivity index is 1.84. The van der Waals surface area contributed by atoms with Crippen LogP contribution in [-0.2, 0) is 4.79 Å². The van der Waals surface area contributed by atoms with E-state index in [4.69, 9.17) is 18.0 Å². The fourth-order valence-electron chi connectivity index (χ4n) is 2.31. The number of hydrogen-bond acceptors (Lipinski definition) is 2. The summed E-state index contributed by atoms with van der Waals surface area (Å²) in [5, 5.41) is 3.04. The van der Waals surface area contributed by atoms with Crippen molar-refractivity contribution in [3.63, 3.8) is 0 Å². The van der Waals surface area contributed by atoms with Crippen molar-refractivity contribution < 1.29 is 4.79 Å². The molecule has 4 heteroatoms. The summed E-state index contributed by atoms with van der Waals surface area (Å²) in [6.07, 6.45) is 5.37. The van der Waals surface area contributed by atoms with E-state index in [0.29, 0.717) is 5.92 Å². The minimum absolute atomic E-state index is 0.0312.